The number of benzene rings is 2. The molecule has 0 aliphatic carbocycles. The van der Waals surface area contributed by atoms with Gasteiger partial charge in [-0.3, -0.25) is 9.89 Å². The number of nitrogens with one attached hydrogen (secondary N) is 1. The van der Waals surface area contributed by atoms with E-state index in [2.05, 4.69) is 15.3 Å². The minimum Gasteiger partial charge on any atom is -0.340 e. The number of aryl methyl sites for hydroxylation is 1. The first-order valence-corrected chi connectivity index (χ1v) is 10.6. The standard InChI is InChI=1S/C24H23FN6O/c1-16-13-18(7-8-20(16)25)23-27-24(17-5-3-2-4-6-17)31(29-23)15-22(32)30-11-9-19-14-26-28-21(19)10-12-30/h2-8,13-14H,9-12,15H2,1H3,(H,26,28). The van der Waals surface area contributed by atoms with E-state index in [1.165, 1.54) is 11.6 Å². The second-order valence-corrected chi connectivity index (χ2v) is 8.00. The second kappa shape index (κ2) is 8.37. The molecular weight excluding hydrogens is 407 g/mol. The highest BCUT2D eigenvalue weighted by Crippen LogP contribution is 2.24. The number of rotatable bonds is 4. The Hall–Kier alpha value is -3.81. The van der Waals surface area contributed by atoms with Crippen molar-refractivity contribution in [2.75, 3.05) is 13.1 Å². The summed E-state index contributed by atoms with van der Waals surface area (Å²) >= 11 is 0. The third kappa shape index (κ3) is 3.91. The first-order valence-electron chi connectivity index (χ1n) is 10.6. The van der Waals surface area contributed by atoms with E-state index in [0.29, 0.717) is 35.9 Å². The highest BCUT2D eigenvalue weighted by atomic mass is 19.1. The lowest BCUT2D eigenvalue weighted by Gasteiger charge is -2.20. The van der Waals surface area contributed by atoms with E-state index in [1.54, 1.807) is 23.7 Å². The minimum atomic E-state index is -0.271. The van der Waals surface area contributed by atoms with Crippen LogP contribution in [0.4, 0.5) is 4.39 Å². The number of hydrogen-bond donors (Lipinski definition) is 1. The van der Waals surface area contributed by atoms with E-state index in [4.69, 9.17) is 4.98 Å². The van der Waals surface area contributed by atoms with Crippen molar-refractivity contribution in [3.63, 3.8) is 0 Å². The van der Waals surface area contributed by atoms with Gasteiger partial charge in [0.15, 0.2) is 11.6 Å². The molecule has 1 aliphatic rings. The normalized spacial score (nSPS) is 13.6. The van der Waals surface area contributed by atoms with Gasteiger partial charge in [-0.05, 0) is 42.7 Å². The summed E-state index contributed by atoms with van der Waals surface area (Å²) in [4.78, 5) is 19.8. The van der Waals surface area contributed by atoms with E-state index in [9.17, 15) is 9.18 Å². The highest BCUT2D eigenvalue weighted by molar-refractivity contribution is 5.77. The molecule has 2 aromatic carbocycles. The SMILES string of the molecule is Cc1cc(-c2nc(-c3ccccc3)n(CC(=O)N3CCc4cn[nH]c4CC3)n2)ccc1F. The maximum absolute atomic E-state index is 13.7. The molecule has 1 aliphatic heterocycles. The van der Waals surface area contributed by atoms with Crippen LogP contribution in [-0.2, 0) is 24.2 Å². The summed E-state index contributed by atoms with van der Waals surface area (Å²) in [6, 6.07) is 14.5. The van der Waals surface area contributed by atoms with Gasteiger partial charge in [-0.25, -0.2) is 14.1 Å². The van der Waals surface area contributed by atoms with Gasteiger partial charge in [0.05, 0.1) is 6.20 Å². The van der Waals surface area contributed by atoms with Crippen molar-refractivity contribution in [2.45, 2.75) is 26.3 Å². The summed E-state index contributed by atoms with van der Waals surface area (Å²) in [6.07, 6.45) is 3.37. The van der Waals surface area contributed by atoms with Crippen LogP contribution < -0.4 is 0 Å². The molecule has 162 valence electrons. The molecule has 8 heteroatoms. The van der Waals surface area contributed by atoms with Crippen molar-refractivity contribution in [1.29, 1.82) is 0 Å². The molecule has 5 rings (SSSR count). The van der Waals surface area contributed by atoms with Crippen molar-refractivity contribution in [3.05, 3.63) is 77.4 Å². The molecule has 0 atom stereocenters. The summed E-state index contributed by atoms with van der Waals surface area (Å²) in [5, 5.41) is 11.8. The Morgan fingerprint density at radius 1 is 1.09 bits per heavy atom. The minimum absolute atomic E-state index is 0.00738. The summed E-state index contributed by atoms with van der Waals surface area (Å²) in [5.41, 5.74) is 4.38. The zero-order chi connectivity index (χ0) is 22.1. The number of aromatic amines is 1. The van der Waals surface area contributed by atoms with E-state index in [-0.39, 0.29) is 18.3 Å². The van der Waals surface area contributed by atoms with Crippen molar-refractivity contribution in [3.8, 4) is 22.8 Å². The first kappa shape index (κ1) is 20.1. The number of halogens is 1. The average molecular weight is 430 g/mol. The van der Waals surface area contributed by atoms with Crippen LogP contribution >= 0.6 is 0 Å². The van der Waals surface area contributed by atoms with Crippen LogP contribution in [0.2, 0.25) is 0 Å². The lowest BCUT2D eigenvalue weighted by atomic mass is 10.1. The number of hydrogen-bond acceptors (Lipinski definition) is 4. The van der Waals surface area contributed by atoms with Gasteiger partial charge in [-0.1, -0.05) is 30.3 Å². The Balaban J connectivity index is 1.44. The average Bonchev–Trinajstić information content (AvgIpc) is 3.38. The fourth-order valence-electron chi connectivity index (χ4n) is 4.02. The predicted octanol–water partition coefficient (Wildman–Crippen LogP) is 3.41. The Morgan fingerprint density at radius 3 is 2.72 bits per heavy atom. The van der Waals surface area contributed by atoms with Gasteiger partial charge in [0.1, 0.15) is 12.4 Å². The molecule has 32 heavy (non-hydrogen) atoms. The third-order valence-corrected chi connectivity index (χ3v) is 5.85. The molecule has 1 amide bonds. The lowest BCUT2D eigenvalue weighted by molar-refractivity contribution is -0.131. The van der Waals surface area contributed by atoms with Gasteiger partial charge in [0, 0.05) is 36.3 Å². The molecule has 0 spiro atoms. The molecule has 4 aromatic rings. The Bertz CT molecular complexity index is 1240. The second-order valence-electron chi connectivity index (χ2n) is 8.00. The highest BCUT2D eigenvalue weighted by Gasteiger charge is 2.22. The fraction of sp³-hybridized carbons (Fsp3) is 0.250. The Morgan fingerprint density at radius 2 is 1.91 bits per heavy atom. The van der Waals surface area contributed by atoms with Crippen LogP contribution in [0.5, 0.6) is 0 Å². The Kier molecular flexibility index (Phi) is 5.26. The van der Waals surface area contributed by atoms with E-state index in [0.717, 1.165) is 24.1 Å². The summed E-state index contributed by atoms with van der Waals surface area (Å²) in [5.74, 6) is 0.803. The molecule has 3 heterocycles. The van der Waals surface area contributed by atoms with Crippen LogP contribution in [0, 0.1) is 12.7 Å². The molecule has 7 nitrogen and oxygen atoms in total. The third-order valence-electron chi connectivity index (χ3n) is 5.85. The largest absolute Gasteiger partial charge is 0.340 e. The topological polar surface area (TPSA) is 79.7 Å². The maximum atomic E-state index is 13.7. The van der Waals surface area contributed by atoms with Crippen LogP contribution in [0.25, 0.3) is 22.8 Å². The van der Waals surface area contributed by atoms with Crippen LogP contribution in [0.1, 0.15) is 16.8 Å². The fourth-order valence-corrected chi connectivity index (χ4v) is 4.02. The van der Waals surface area contributed by atoms with Crippen molar-refractivity contribution in [2.24, 2.45) is 0 Å². The van der Waals surface area contributed by atoms with Crippen LogP contribution in [0.15, 0.2) is 54.7 Å². The van der Waals surface area contributed by atoms with E-state index in [1.807, 2.05) is 41.4 Å². The van der Waals surface area contributed by atoms with E-state index < -0.39 is 0 Å². The number of fused-ring (bicyclic) bond motifs is 1. The smallest absolute Gasteiger partial charge is 0.244 e. The first-order chi connectivity index (χ1) is 15.6. The monoisotopic (exact) mass is 430 g/mol. The van der Waals surface area contributed by atoms with E-state index >= 15 is 0 Å². The van der Waals surface area contributed by atoms with Gasteiger partial charge in [-0.15, -0.1) is 5.10 Å². The molecule has 0 fully saturated rings. The predicted molar refractivity (Wildman–Crippen MR) is 118 cm³/mol. The lowest BCUT2D eigenvalue weighted by Crippen LogP contribution is -2.36. The molecule has 0 unspecified atom stereocenters. The maximum Gasteiger partial charge on any atom is 0.244 e. The molecule has 0 saturated carbocycles. The number of H-pyrrole nitrogens is 1. The van der Waals surface area contributed by atoms with Gasteiger partial charge in [0.25, 0.3) is 0 Å². The van der Waals surface area contributed by atoms with Crippen molar-refractivity contribution in [1.82, 2.24) is 29.9 Å². The molecular formula is C24H23FN6O. The number of carbonyl (C=O) groups excluding carboxylic acids is 1. The van der Waals surface area contributed by atoms with Gasteiger partial charge in [-0.2, -0.15) is 5.10 Å². The van der Waals surface area contributed by atoms with Crippen LogP contribution in [0.3, 0.4) is 0 Å². The summed E-state index contributed by atoms with van der Waals surface area (Å²) in [7, 11) is 0. The van der Waals surface area contributed by atoms with Gasteiger partial charge >= 0.3 is 0 Å². The molecule has 0 radical (unpaired) electrons. The summed E-state index contributed by atoms with van der Waals surface area (Å²) in [6.45, 7) is 3.07. The van der Waals surface area contributed by atoms with Crippen LogP contribution in [-0.4, -0.2) is 48.9 Å². The molecule has 0 saturated heterocycles. The zero-order valence-corrected chi connectivity index (χ0v) is 17.8. The quantitative estimate of drug-likeness (QED) is 0.538. The summed E-state index contributed by atoms with van der Waals surface area (Å²) < 4.78 is 15.4. The molecule has 2 aromatic heterocycles. The van der Waals surface area contributed by atoms with Gasteiger partial charge < -0.3 is 4.90 Å². The zero-order valence-electron chi connectivity index (χ0n) is 17.8. The number of nitrogens with zero attached hydrogens (tertiary/aromatic N) is 5. The molecule has 0 bridgehead atoms. The van der Waals surface area contributed by atoms with Gasteiger partial charge in [0.2, 0.25) is 5.91 Å². The van der Waals surface area contributed by atoms with Crippen molar-refractivity contribution < 1.29 is 9.18 Å². The van der Waals surface area contributed by atoms with Crippen molar-refractivity contribution >= 4 is 5.91 Å². The number of amides is 1. The molecule has 1 N–H and O–H groups in total. The Labute approximate surface area is 184 Å². The number of aromatic nitrogens is 5. The number of carbonyl (C=O) groups is 1.